The van der Waals surface area contributed by atoms with Crippen molar-refractivity contribution in [2.75, 3.05) is 13.2 Å². The Morgan fingerprint density at radius 1 is 0.862 bits per heavy atom. The lowest BCUT2D eigenvalue weighted by Gasteiger charge is -2.67. The molecule has 0 radical (unpaired) electrons. The van der Waals surface area contributed by atoms with E-state index in [9.17, 15) is 39.3 Å². The van der Waals surface area contributed by atoms with Crippen LogP contribution >= 0.6 is 0 Å². The first-order chi connectivity index (χ1) is 30.8. The molecule has 2 aliphatic heterocycles. The standard InChI is InChI=1S/C49H51NO15/c1-26-32-24-49(59)42(64-44(57)29-17-10-7-11-18-29)40-47(5,41(55)39(62-27(2)51)36(26)46(49,3)4)33(52)23-34-48(40,25-61-34)65-35(53)21-14-22-60-31-20-13-12-19-30(31)37(38(54)45(58)63-32)50-43(56)28-15-8-6-9-16-28/h6-21,32-34,37-40,42,52,54,59H,22-25H2,1-5H3,(H,50,56)/b21-14-/t32-,33-,34+,37-,38+,39+,40?,42-,47+,48-,49+/m0/s1. The van der Waals surface area contributed by atoms with Gasteiger partial charge in [0.1, 0.15) is 36.3 Å². The highest BCUT2D eigenvalue weighted by atomic mass is 16.6. The second kappa shape index (κ2) is 17.0. The number of aliphatic hydroxyl groups excluding tert-OH is 2. The first-order valence-electron chi connectivity index (χ1n) is 21.4. The third kappa shape index (κ3) is 7.51. The Morgan fingerprint density at radius 2 is 1.51 bits per heavy atom. The number of para-hydroxylation sites is 1. The molecule has 2 saturated carbocycles. The van der Waals surface area contributed by atoms with Gasteiger partial charge in [-0.15, -0.1) is 0 Å². The maximum Gasteiger partial charge on any atom is 0.338 e. The van der Waals surface area contributed by atoms with Crippen LogP contribution in [0, 0.1) is 16.7 Å². The molecular weight excluding hydrogens is 843 g/mol. The number of hydrogen-bond donors (Lipinski definition) is 4. The van der Waals surface area contributed by atoms with Gasteiger partial charge < -0.3 is 49.1 Å². The largest absolute Gasteiger partial charge is 0.489 e. The lowest BCUT2D eigenvalue weighted by Crippen LogP contribution is -2.82. The van der Waals surface area contributed by atoms with Crippen LogP contribution in [0.25, 0.3) is 0 Å². The van der Waals surface area contributed by atoms with Gasteiger partial charge in [-0.3, -0.25) is 14.4 Å². The number of rotatable bonds is 5. The maximum atomic E-state index is 15.6. The molecule has 3 aliphatic carbocycles. The van der Waals surface area contributed by atoms with E-state index in [0.29, 0.717) is 0 Å². The minimum absolute atomic E-state index is 0.0191. The van der Waals surface area contributed by atoms with E-state index < -0.39 is 113 Å². The number of ether oxygens (including phenoxy) is 6. The summed E-state index contributed by atoms with van der Waals surface area (Å²) in [6.07, 6.45) is -8.47. The predicted octanol–water partition coefficient (Wildman–Crippen LogP) is 3.66. The maximum absolute atomic E-state index is 15.6. The summed E-state index contributed by atoms with van der Waals surface area (Å²) in [6.45, 7) is 6.49. The molecule has 1 spiro atoms. The van der Waals surface area contributed by atoms with Gasteiger partial charge in [0.05, 0.1) is 35.6 Å². The summed E-state index contributed by atoms with van der Waals surface area (Å²) >= 11 is 0. The van der Waals surface area contributed by atoms with Crippen molar-refractivity contribution in [3.05, 3.63) is 125 Å². The average molecular weight is 894 g/mol. The molecule has 4 bridgehead atoms. The highest BCUT2D eigenvalue weighted by Gasteiger charge is 2.78. The molecule has 342 valence electrons. The number of amides is 1. The van der Waals surface area contributed by atoms with Gasteiger partial charge in [0, 0.05) is 42.4 Å². The van der Waals surface area contributed by atoms with Crippen molar-refractivity contribution in [1.29, 1.82) is 0 Å². The summed E-state index contributed by atoms with van der Waals surface area (Å²) in [6, 6.07) is 20.7. The lowest BCUT2D eigenvalue weighted by molar-refractivity contribution is -0.345. The topological polar surface area (TPSA) is 231 Å². The second-order valence-electron chi connectivity index (χ2n) is 18.0. The van der Waals surface area contributed by atoms with E-state index in [1.807, 2.05) is 0 Å². The Balaban J connectivity index is 1.36. The molecular formula is C49H51NO15. The molecule has 0 aromatic heterocycles. The third-order valence-corrected chi connectivity index (χ3v) is 14.1. The highest BCUT2D eigenvalue weighted by Crippen LogP contribution is 2.64. The van der Waals surface area contributed by atoms with Crippen molar-refractivity contribution in [3.63, 3.8) is 0 Å². The van der Waals surface area contributed by atoms with Crippen LogP contribution in [0.3, 0.4) is 0 Å². The molecule has 5 aliphatic rings. The molecule has 65 heavy (non-hydrogen) atoms. The molecule has 4 N–H and O–H groups in total. The molecule has 8 rings (SSSR count). The molecule has 16 nitrogen and oxygen atoms in total. The van der Waals surface area contributed by atoms with E-state index in [4.69, 9.17) is 28.4 Å². The van der Waals surface area contributed by atoms with Crippen molar-refractivity contribution in [2.24, 2.45) is 16.7 Å². The quantitative estimate of drug-likeness (QED) is 0.163. The summed E-state index contributed by atoms with van der Waals surface area (Å²) in [7, 11) is 0. The van der Waals surface area contributed by atoms with Crippen molar-refractivity contribution >= 4 is 35.6 Å². The first-order valence-corrected chi connectivity index (χ1v) is 21.4. The molecule has 1 saturated heterocycles. The fourth-order valence-electron chi connectivity index (χ4n) is 10.6. The van der Waals surface area contributed by atoms with Crippen LogP contribution in [0.2, 0.25) is 0 Å². The molecule has 2 heterocycles. The van der Waals surface area contributed by atoms with Crippen LogP contribution in [0.1, 0.15) is 79.8 Å². The summed E-state index contributed by atoms with van der Waals surface area (Å²) in [5, 5.41) is 40.8. The number of carbonyl (C=O) groups is 6. The SMILES string of the molecule is CC(=O)O[C@H]1C(=O)[C@@]2(C)C3[C@H](OC(=O)c4ccccc4)[C@]4(O)C[C@H](OC(=O)[C@H](O)[C@@H](NC(=O)c5ccccc5)c5ccccc5OC/C=C\C(=O)O[C@]35CO[C@@H]5C[C@@H]2O)C(C)=C1C4(C)C. The van der Waals surface area contributed by atoms with Gasteiger partial charge in [-0.25, -0.2) is 14.4 Å². The van der Waals surface area contributed by atoms with Crippen LogP contribution < -0.4 is 10.1 Å². The Bertz CT molecular complexity index is 2470. The minimum atomic E-state index is -2.42. The number of benzene rings is 3. The number of aliphatic hydroxyl groups is 3. The van der Waals surface area contributed by atoms with Crippen molar-refractivity contribution in [2.45, 2.75) is 101 Å². The molecule has 11 atom stereocenters. The van der Waals surface area contributed by atoms with Crippen molar-refractivity contribution < 1.29 is 72.5 Å². The number of esters is 4. The molecule has 3 fully saturated rings. The number of nitrogens with one attached hydrogen (secondary N) is 1. The fraction of sp³-hybridized carbons (Fsp3) is 0.429. The van der Waals surface area contributed by atoms with E-state index in [1.54, 1.807) is 68.4 Å². The van der Waals surface area contributed by atoms with Crippen LogP contribution in [0.5, 0.6) is 5.75 Å². The molecule has 1 unspecified atom stereocenters. The van der Waals surface area contributed by atoms with Gasteiger partial charge in [-0.2, -0.15) is 0 Å². The summed E-state index contributed by atoms with van der Waals surface area (Å²) < 4.78 is 36.8. The minimum Gasteiger partial charge on any atom is -0.489 e. The van der Waals surface area contributed by atoms with Crippen LogP contribution in [-0.2, 0) is 42.9 Å². The molecule has 3 aromatic rings. The van der Waals surface area contributed by atoms with Gasteiger partial charge in [-0.05, 0) is 61.4 Å². The van der Waals surface area contributed by atoms with E-state index in [0.717, 1.165) is 13.0 Å². The fourth-order valence-corrected chi connectivity index (χ4v) is 10.6. The first kappa shape index (κ1) is 45.4. The van der Waals surface area contributed by atoms with E-state index in [-0.39, 0.29) is 53.2 Å². The zero-order valence-electron chi connectivity index (χ0n) is 36.4. The van der Waals surface area contributed by atoms with Gasteiger partial charge >= 0.3 is 23.9 Å². The summed E-state index contributed by atoms with van der Waals surface area (Å²) in [5.74, 6) is -7.07. The molecule has 3 aromatic carbocycles. The monoisotopic (exact) mass is 893 g/mol. The van der Waals surface area contributed by atoms with Gasteiger partial charge in [0.25, 0.3) is 5.91 Å². The van der Waals surface area contributed by atoms with E-state index in [2.05, 4.69) is 5.32 Å². The smallest absolute Gasteiger partial charge is 0.338 e. The van der Waals surface area contributed by atoms with Crippen LogP contribution in [0.4, 0.5) is 0 Å². The average Bonchev–Trinajstić information content (AvgIpc) is 3.28. The number of carbonyl (C=O) groups excluding carboxylic acids is 6. The van der Waals surface area contributed by atoms with Crippen molar-refractivity contribution in [3.8, 4) is 5.75 Å². The zero-order chi connectivity index (χ0) is 46.6. The Hall–Kier alpha value is -6.20. The number of hydrogen-bond acceptors (Lipinski definition) is 15. The van der Waals surface area contributed by atoms with E-state index >= 15 is 4.79 Å². The predicted molar refractivity (Wildman–Crippen MR) is 227 cm³/mol. The second-order valence-corrected chi connectivity index (χ2v) is 18.0. The Labute approximate surface area is 374 Å². The van der Waals surface area contributed by atoms with Crippen LogP contribution in [-0.4, -0.2) is 112 Å². The lowest BCUT2D eigenvalue weighted by atomic mass is 9.44. The molecule has 1 amide bonds. The zero-order valence-corrected chi connectivity index (χ0v) is 36.4. The molecule has 16 heteroatoms. The normalized spacial score (nSPS) is 34.6. The van der Waals surface area contributed by atoms with Crippen LogP contribution in [0.15, 0.2) is 108 Å². The number of fused-ring (bicyclic) bond motifs is 3. The van der Waals surface area contributed by atoms with E-state index in [1.165, 1.54) is 50.3 Å². The summed E-state index contributed by atoms with van der Waals surface area (Å²) in [5.41, 5.74) is -7.53. The summed E-state index contributed by atoms with van der Waals surface area (Å²) in [4.78, 5) is 85.5. The van der Waals surface area contributed by atoms with Gasteiger partial charge in [0.15, 0.2) is 23.6 Å². The number of Topliss-reactive ketones (excluding diaryl/α,β-unsaturated/α-hetero) is 1. The van der Waals surface area contributed by atoms with Gasteiger partial charge in [-0.1, -0.05) is 68.4 Å². The highest BCUT2D eigenvalue weighted by molar-refractivity contribution is 5.96. The van der Waals surface area contributed by atoms with Crippen molar-refractivity contribution in [1.82, 2.24) is 5.32 Å². The number of ketones is 1. The van der Waals surface area contributed by atoms with Gasteiger partial charge in [0.2, 0.25) is 0 Å². The Kier molecular flexibility index (Phi) is 11.9. The Morgan fingerprint density at radius 3 is 2.15 bits per heavy atom. The third-order valence-electron chi connectivity index (χ3n) is 14.1.